The molecule has 1 aliphatic carbocycles. The van der Waals surface area contributed by atoms with Crippen molar-refractivity contribution in [2.24, 2.45) is 23.7 Å². The number of aliphatic hydroxyl groups excluding tert-OH is 1. The quantitative estimate of drug-likeness (QED) is 0.566. The Morgan fingerprint density at radius 3 is 2.55 bits per heavy atom. The molecule has 2 heterocycles. The van der Waals surface area contributed by atoms with E-state index in [-0.39, 0.29) is 5.03 Å². The van der Waals surface area contributed by atoms with Gasteiger partial charge in [0.15, 0.2) is 5.79 Å². The second-order valence-corrected chi connectivity index (χ2v) is 9.20. The van der Waals surface area contributed by atoms with Crippen molar-refractivity contribution in [3.8, 4) is 0 Å². The average Bonchev–Trinajstić information content (AvgIpc) is 2.98. The number of aliphatic hydroxyl groups is 2. The SMILES string of the molecule is CC[C@H](C)/C=C/C1=CC2=C(Cl)C(=O)[C@@]3(C)OC(O)(C(C)C(C)O)C(C(=O)O)C3C2=CO1. The van der Waals surface area contributed by atoms with Gasteiger partial charge in [-0.15, -0.1) is 0 Å². The minimum absolute atomic E-state index is 0.110. The van der Waals surface area contributed by atoms with E-state index < -0.39 is 47.0 Å². The number of carboxylic acids is 1. The van der Waals surface area contributed by atoms with Crippen molar-refractivity contribution < 1.29 is 34.4 Å². The minimum Gasteiger partial charge on any atom is -0.481 e. The van der Waals surface area contributed by atoms with Crippen molar-refractivity contribution in [2.75, 3.05) is 0 Å². The molecule has 0 bridgehead atoms. The van der Waals surface area contributed by atoms with Crippen molar-refractivity contribution in [3.63, 3.8) is 0 Å². The molecule has 0 spiro atoms. The molecule has 1 fully saturated rings. The van der Waals surface area contributed by atoms with Gasteiger partial charge < -0.3 is 24.8 Å². The maximum atomic E-state index is 13.3. The molecule has 1 saturated heterocycles. The molecular formula is C23H29ClO7. The summed E-state index contributed by atoms with van der Waals surface area (Å²) in [5.74, 6) is -7.03. The Morgan fingerprint density at radius 2 is 2.00 bits per heavy atom. The number of allylic oxidation sites excluding steroid dienone is 4. The fourth-order valence-corrected chi connectivity index (χ4v) is 4.79. The summed E-state index contributed by atoms with van der Waals surface area (Å²) in [6.07, 6.45) is 6.59. The van der Waals surface area contributed by atoms with Crippen molar-refractivity contribution in [3.05, 3.63) is 46.4 Å². The van der Waals surface area contributed by atoms with E-state index in [9.17, 15) is 24.9 Å². The molecule has 170 valence electrons. The predicted molar refractivity (Wildman–Crippen MR) is 114 cm³/mol. The highest BCUT2D eigenvalue weighted by Crippen LogP contribution is 2.58. The number of ether oxygens (including phenoxy) is 2. The van der Waals surface area contributed by atoms with Crippen LogP contribution in [0.5, 0.6) is 0 Å². The smallest absolute Gasteiger partial charge is 0.312 e. The molecule has 3 aliphatic rings. The van der Waals surface area contributed by atoms with Gasteiger partial charge in [0.25, 0.3) is 0 Å². The first kappa shape index (κ1) is 23.7. The molecule has 2 aliphatic heterocycles. The minimum atomic E-state index is -2.29. The fourth-order valence-electron chi connectivity index (χ4n) is 4.44. The maximum absolute atomic E-state index is 13.3. The molecule has 8 heteroatoms. The summed E-state index contributed by atoms with van der Waals surface area (Å²) < 4.78 is 11.5. The Bertz CT molecular complexity index is 915. The Labute approximate surface area is 186 Å². The molecule has 0 aromatic rings. The van der Waals surface area contributed by atoms with Crippen molar-refractivity contribution in [2.45, 2.75) is 58.5 Å². The van der Waals surface area contributed by atoms with Crippen LogP contribution >= 0.6 is 11.6 Å². The van der Waals surface area contributed by atoms with Gasteiger partial charge in [0.2, 0.25) is 5.78 Å². The van der Waals surface area contributed by atoms with E-state index in [0.29, 0.717) is 22.8 Å². The first-order chi connectivity index (χ1) is 14.4. The van der Waals surface area contributed by atoms with Gasteiger partial charge >= 0.3 is 5.97 Å². The number of rotatable bonds is 6. The number of Topliss-reactive ketones (excluding diaryl/α,β-unsaturated/α-hetero) is 1. The third-order valence-corrected chi connectivity index (χ3v) is 7.14. The molecule has 5 unspecified atom stereocenters. The number of hydrogen-bond donors (Lipinski definition) is 3. The zero-order valence-corrected chi connectivity index (χ0v) is 19.0. The summed E-state index contributed by atoms with van der Waals surface area (Å²) in [6, 6.07) is 0. The van der Waals surface area contributed by atoms with Gasteiger partial charge in [0.1, 0.15) is 17.3 Å². The topological polar surface area (TPSA) is 113 Å². The van der Waals surface area contributed by atoms with E-state index in [4.69, 9.17) is 21.1 Å². The van der Waals surface area contributed by atoms with Crippen LogP contribution in [0.3, 0.4) is 0 Å². The normalized spacial score (nSPS) is 35.7. The first-order valence-electron chi connectivity index (χ1n) is 10.4. The molecule has 0 radical (unpaired) electrons. The number of carbonyl (C=O) groups excluding carboxylic acids is 1. The molecule has 7 atom stereocenters. The second-order valence-electron chi connectivity index (χ2n) is 8.82. The van der Waals surface area contributed by atoms with Crippen LogP contribution in [0.1, 0.15) is 41.0 Å². The van der Waals surface area contributed by atoms with Gasteiger partial charge in [0.05, 0.1) is 17.4 Å². The van der Waals surface area contributed by atoms with E-state index in [1.54, 1.807) is 12.2 Å². The van der Waals surface area contributed by atoms with Crippen LogP contribution in [-0.4, -0.2) is 44.6 Å². The summed E-state index contributed by atoms with van der Waals surface area (Å²) in [6.45, 7) is 8.44. The van der Waals surface area contributed by atoms with Crippen LogP contribution < -0.4 is 0 Å². The predicted octanol–water partition coefficient (Wildman–Crippen LogP) is 3.27. The summed E-state index contributed by atoms with van der Waals surface area (Å²) in [5, 5.41) is 31.3. The standard InChI is InChI=1S/C23H29ClO7/c1-6-11(2)7-8-14-9-15-16(10-30-14)17-18(21(27)28)23(29,12(3)13(4)25)31-22(17,5)20(26)19(15)24/h7-13,17-18,25,29H,6H2,1-5H3,(H,27,28)/b8-7+/t11-,12?,13?,17?,18?,22-,23?/m0/s1. The lowest BCUT2D eigenvalue weighted by atomic mass is 9.66. The van der Waals surface area contributed by atoms with E-state index in [0.717, 1.165) is 6.42 Å². The van der Waals surface area contributed by atoms with E-state index in [2.05, 4.69) is 13.8 Å². The highest BCUT2D eigenvalue weighted by molar-refractivity contribution is 6.45. The maximum Gasteiger partial charge on any atom is 0.312 e. The second kappa shape index (κ2) is 8.20. The summed E-state index contributed by atoms with van der Waals surface area (Å²) in [7, 11) is 0. The summed E-state index contributed by atoms with van der Waals surface area (Å²) in [4.78, 5) is 25.6. The van der Waals surface area contributed by atoms with Gasteiger partial charge in [-0.3, -0.25) is 9.59 Å². The van der Waals surface area contributed by atoms with E-state index in [1.165, 1.54) is 27.0 Å². The highest BCUT2D eigenvalue weighted by atomic mass is 35.5. The number of hydrogen-bond acceptors (Lipinski definition) is 6. The monoisotopic (exact) mass is 452 g/mol. The van der Waals surface area contributed by atoms with Gasteiger partial charge in [0, 0.05) is 23.0 Å². The number of carboxylic acid groups (broad SMARTS) is 1. The lowest BCUT2D eigenvalue weighted by Gasteiger charge is -2.37. The van der Waals surface area contributed by atoms with Gasteiger partial charge in [-0.25, -0.2) is 0 Å². The molecule has 0 aromatic carbocycles. The zero-order chi connectivity index (χ0) is 23.3. The summed E-state index contributed by atoms with van der Waals surface area (Å²) >= 11 is 6.42. The van der Waals surface area contributed by atoms with E-state index in [1.807, 2.05) is 6.08 Å². The van der Waals surface area contributed by atoms with Crippen LogP contribution in [0.25, 0.3) is 0 Å². The molecule has 3 rings (SSSR count). The molecule has 0 saturated carbocycles. The van der Waals surface area contributed by atoms with E-state index >= 15 is 0 Å². The average molecular weight is 453 g/mol. The number of halogens is 1. The Hall–Kier alpha value is -1.93. The molecule has 31 heavy (non-hydrogen) atoms. The lowest BCUT2D eigenvalue weighted by molar-refractivity contribution is -0.268. The first-order valence-corrected chi connectivity index (χ1v) is 10.8. The highest BCUT2D eigenvalue weighted by Gasteiger charge is 2.70. The Morgan fingerprint density at radius 1 is 1.35 bits per heavy atom. The molecular weight excluding hydrogens is 424 g/mol. The van der Waals surface area contributed by atoms with Crippen LogP contribution in [0.4, 0.5) is 0 Å². The fraction of sp³-hybridized carbons (Fsp3) is 0.565. The van der Waals surface area contributed by atoms with Gasteiger partial charge in [-0.05, 0) is 31.9 Å². The Kier molecular flexibility index (Phi) is 6.28. The number of ketones is 1. The third-order valence-electron chi connectivity index (χ3n) is 6.76. The molecule has 0 amide bonds. The molecule has 0 aromatic heterocycles. The van der Waals surface area contributed by atoms with Crippen LogP contribution in [0, 0.1) is 23.7 Å². The number of carbonyl (C=O) groups is 2. The lowest BCUT2D eigenvalue weighted by Crippen LogP contribution is -2.50. The van der Waals surface area contributed by atoms with Crippen molar-refractivity contribution in [1.29, 1.82) is 0 Å². The number of fused-ring (bicyclic) bond motifs is 3. The number of aliphatic carboxylic acids is 1. The van der Waals surface area contributed by atoms with Crippen LogP contribution in [-0.2, 0) is 19.1 Å². The van der Waals surface area contributed by atoms with Crippen molar-refractivity contribution in [1.82, 2.24) is 0 Å². The van der Waals surface area contributed by atoms with Crippen LogP contribution in [0.15, 0.2) is 46.4 Å². The van der Waals surface area contributed by atoms with Gasteiger partial charge in [-0.2, -0.15) is 0 Å². The summed E-state index contributed by atoms with van der Waals surface area (Å²) in [5.41, 5.74) is -1.00. The van der Waals surface area contributed by atoms with Gasteiger partial charge in [-0.1, -0.05) is 44.9 Å². The Balaban J connectivity index is 2.12. The molecule has 7 nitrogen and oxygen atoms in total. The largest absolute Gasteiger partial charge is 0.481 e. The third kappa shape index (κ3) is 3.67. The molecule has 3 N–H and O–H groups in total. The zero-order valence-electron chi connectivity index (χ0n) is 18.3. The van der Waals surface area contributed by atoms with Crippen molar-refractivity contribution >= 4 is 23.4 Å². The van der Waals surface area contributed by atoms with Crippen LogP contribution in [0.2, 0.25) is 0 Å².